The number of benzene rings is 2. The van der Waals surface area contributed by atoms with Gasteiger partial charge in [-0.3, -0.25) is 14.6 Å². The minimum absolute atomic E-state index is 0.0941. The Morgan fingerprint density at radius 3 is 2.53 bits per heavy atom. The van der Waals surface area contributed by atoms with Crippen molar-refractivity contribution in [3.8, 4) is 0 Å². The lowest BCUT2D eigenvalue weighted by Crippen LogP contribution is -2.38. The summed E-state index contributed by atoms with van der Waals surface area (Å²) < 4.78 is 0. The van der Waals surface area contributed by atoms with Crippen LogP contribution in [-0.2, 0) is 11.3 Å². The fourth-order valence-electron chi connectivity index (χ4n) is 4.93. The third kappa shape index (κ3) is 5.71. The van der Waals surface area contributed by atoms with Gasteiger partial charge in [-0.1, -0.05) is 48.9 Å². The molecule has 1 N–H and O–H groups in total. The number of anilines is 1. The number of hydrogen-bond acceptors (Lipinski definition) is 3. The Balaban J connectivity index is 1.25. The monoisotopic (exact) mass is 405 g/mol. The number of hydrogen-bond donors (Lipinski definition) is 1. The van der Waals surface area contributed by atoms with Gasteiger partial charge >= 0.3 is 0 Å². The predicted molar refractivity (Wildman–Crippen MR) is 124 cm³/mol. The van der Waals surface area contributed by atoms with Crippen LogP contribution >= 0.6 is 0 Å². The van der Waals surface area contributed by atoms with Crippen molar-refractivity contribution in [2.45, 2.75) is 57.5 Å². The second-order valence-corrected chi connectivity index (χ2v) is 9.02. The third-order valence-corrected chi connectivity index (χ3v) is 6.76. The van der Waals surface area contributed by atoms with Crippen LogP contribution in [0.5, 0.6) is 0 Å². The van der Waals surface area contributed by atoms with Crippen LogP contribution in [-0.4, -0.2) is 47.9 Å². The minimum Gasteiger partial charge on any atom is -0.325 e. The zero-order chi connectivity index (χ0) is 20.8. The molecule has 0 bridgehead atoms. The molecule has 2 aliphatic rings. The molecule has 2 fully saturated rings. The van der Waals surface area contributed by atoms with Crippen LogP contribution < -0.4 is 5.32 Å². The lowest BCUT2D eigenvalue weighted by Gasteiger charge is -2.33. The summed E-state index contributed by atoms with van der Waals surface area (Å²) in [5, 5.41) is 3.12. The summed E-state index contributed by atoms with van der Waals surface area (Å²) in [5.41, 5.74) is 3.63. The molecular weight excluding hydrogens is 370 g/mol. The van der Waals surface area contributed by atoms with Crippen molar-refractivity contribution in [2.24, 2.45) is 0 Å². The van der Waals surface area contributed by atoms with Crippen LogP contribution in [0, 0.1) is 0 Å². The Kier molecular flexibility index (Phi) is 7.19. The van der Waals surface area contributed by atoms with Crippen molar-refractivity contribution in [1.82, 2.24) is 9.80 Å². The quantitative estimate of drug-likeness (QED) is 0.744. The highest BCUT2D eigenvalue weighted by Crippen LogP contribution is 2.27. The Hall–Kier alpha value is -2.17. The highest BCUT2D eigenvalue weighted by atomic mass is 16.2. The molecule has 4 rings (SSSR count). The number of amides is 1. The van der Waals surface area contributed by atoms with E-state index in [1.54, 1.807) is 0 Å². The van der Waals surface area contributed by atoms with Gasteiger partial charge in [0.15, 0.2) is 0 Å². The van der Waals surface area contributed by atoms with E-state index in [0.717, 1.165) is 38.2 Å². The second kappa shape index (κ2) is 10.2. The molecule has 2 aromatic rings. The number of nitrogens with zero attached hydrogens (tertiary/aromatic N) is 2. The molecule has 0 radical (unpaired) electrons. The number of carbonyl (C=O) groups excluding carboxylic acids is 1. The van der Waals surface area contributed by atoms with Gasteiger partial charge in [0.05, 0.1) is 6.54 Å². The maximum atomic E-state index is 12.6. The van der Waals surface area contributed by atoms with Crippen LogP contribution in [0.4, 0.5) is 5.69 Å². The molecule has 4 heteroatoms. The van der Waals surface area contributed by atoms with E-state index in [4.69, 9.17) is 0 Å². The van der Waals surface area contributed by atoms with Crippen molar-refractivity contribution in [3.63, 3.8) is 0 Å². The first kappa shape index (κ1) is 21.1. The zero-order valence-electron chi connectivity index (χ0n) is 18.2. The summed E-state index contributed by atoms with van der Waals surface area (Å²) in [6.07, 6.45) is 6.18. The first-order chi connectivity index (χ1) is 14.7. The van der Waals surface area contributed by atoms with Gasteiger partial charge in [-0.25, -0.2) is 0 Å². The summed E-state index contributed by atoms with van der Waals surface area (Å²) in [4.78, 5) is 17.5. The van der Waals surface area contributed by atoms with Crippen molar-refractivity contribution < 1.29 is 4.79 Å². The summed E-state index contributed by atoms with van der Waals surface area (Å²) in [7, 11) is 0. The number of rotatable bonds is 6. The van der Waals surface area contributed by atoms with Crippen molar-refractivity contribution in [1.29, 1.82) is 0 Å². The molecule has 0 aromatic heterocycles. The molecule has 1 atom stereocenters. The Morgan fingerprint density at radius 2 is 1.77 bits per heavy atom. The lowest BCUT2D eigenvalue weighted by atomic mass is 9.89. The van der Waals surface area contributed by atoms with Crippen LogP contribution in [0.2, 0.25) is 0 Å². The smallest absolute Gasteiger partial charge is 0.238 e. The zero-order valence-corrected chi connectivity index (χ0v) is 18.2. The molecule has 160 valence electrons. The van der Waals surface area contributed by atoms with E-state index in [2.05, 4.69) is 70.6 Å². The van der Waals surface area contributed by atoms with Gasteiger partial charge in [0.2, 0.25) is 5.91 Å². The molecule has 1 unspecified atom stereocenters. The number of nitrogens with one attached hydrogen (secondary N) is 1. The van der Waals surface area contributed by atoms with Crippen molar-refractivity contribution >= 4 is 11.6 Å². The van der Waals surface area contributed by atoms with Gasteiger partial charge < -0.3 is 5.32 Å². The normalized spacial score (nSPS) is 21.4. The third-order valence-electron chi connectivity index (χ3n) is 6.76. The lowest BCUT2D eigenvalue weighted by molar-refractivity contribution is -0.117. The maximum absolute atomic E-state index is 12.6. The molecule has 1 amide bonds. The Morgan fingerprint density at radius 1 is 0.967 bits per heavy atom. The SMILES string of the molecule is CC1CCCCN1Cc1cccc(NC(=O)CN2CCC(c3ccccc3)CC2)c1. The van der Waals surface area contributed by atoms with Crippen LogP contribution in [0.1, 0.15) is 56.1 Å². The van der Waals surface area contributed by atoms with Crippen LogP contribution in [0.15, 0.2) is 54.6 Å². The molecule has 0 saturated carbocycles. The average molecular weight is 406 g/mol. The topological polar surface area (TPSA) is 35.6 Å². The molecule has 0 aliphatic carbocycles. The molecule has 2 aromatic carbocycles. The van der Waals surface area contributed by atoms with E-state index in [1.807, 2.05) is 6.07 Å². The maximum Gasteiger partial charge on any atom is 0.238 e. The largest absolute Gasteiger partial charge is 0.325 e. The van der Waals surface area contributed by atoms with Gasteiger partial charge in [0.1, 0.15) is 0 Å². The van der Waals surface area contributed by atoms with E-state index < -0.39 is 0 Å². The highest BCUT2D eigenvalue weighted by molar-refractivity contribution is 5.92. The molecular formula is C26H35N3O. The van der Waals surface area contributed by atoms with Gasteiger partial charge in [-0.15, -0.1) is 0 Å². The predicted octanol–water partition coefficient (Wildman–Crippen LogP) is 4.88. The first-order valence-electron chi connectivity index (χ1n) is 11.6. The van der Waals surface area contributed by atoms with E-state index in [-0.39, 0.29) is 5.91 Å². The van der Waals surface area contributed by atoms with E-state index in [9.17, 15) is 4.79 Å². The highest BCUT2D eigenvalue weighted by Gasteiger charge is 2.22. The van der Waals surface area contributed by atoms with E-state index in [0.29, 0.717) is 18.5 Å². The molecule has 2 heterocycles. The molecule has 2 saturated heterocycles. The van der Waals surface area contributed by atoms with Gasteiger partial charge in [-0.05, 0) is 81.4 Å². The van der Waals surface area contributed by atoms with Gasteiger partial charge in [0, 0.05) is 18.3 Å². The number of piperidine rings is 2. The standard InChI is InChI=1S/C26H35N3O/c1-21-8-5-6-15-29(21)19-22-9-7-12-25(18-22)27-26(30)20-28-16-13-24(14-17-28)23-10-3-2-4-11-23/h2-4,7,9-12,18,21,24H,5-6,8,13-17,19-20H2,1H3,(H,27,30). The Labute approximate surface area is 181 Å². The fourth-order valence-corrected chi connectivity index (χ4v) is 4.93. The van der Waals surface area contributed by atoms with Crippen LogP contribution in [0.3, 0.4) is 0 Å². The summed E-state index contributed by atoms with van der Waals surface area (Å²) in [6, 6.07) is 19.8. The van der Waals surface area contributed by atoms with E-state index >= 15 is 0 Å². The van der Waals surface area contributed by atoms with Crippen molar-refractivity contribution in [3.05, 3.63) is 65.7 Å². The first-order valence-corrected chi connectivity index (χ1v) is 11.6. The van der Waals surface area contributed by atoms with Gasteiger partial charge in [-0.2, -0.15) is 0 Å². The minimum atomic E-state index is 0.0941. The van der Waals surface area contributed by atoms with E-state index in [1.165, 1.54) is 36.9 Å². The van der Waals surface area contributed by atoms with Gasteiger partial charge in [0.25, 0.3) is 0 Å². The summed E-state index contributed by atoms with van der Waals surface area (Å²) in [5.74, 6) is 0.719. The number of carbonyl (C=O) groups is 1. The second-order valence-electron chi connectivity index (χ2n) is 9.02. The molecule has 0 spiro atoms. The average Bonchev–Trinajstić information content (AvgIpc) is 2.77. The van der Waals surface area contributed by atoms with Crippen LogP contribution in [0.25, 0.3) is 0 Å². The molecule has 2 aliphatic heterocycles. The molecule has 4 nitrogen and oxygen atoms in total. The summed E-state index contributed by atoms with van der Waals surface area (Å²) in [6.45, 7) is 6.93. The summed E-state index contributed by atoms with van der Waals surface area (Å²) >= 11 is 0. The van der Waals surface area contributed by atoms with Crippen molar-refractivity contribution in [2.75, 3.05) is 31.5 Å². The molecule has 30 heavy (non-hydrogen) atoms. The fraction of sp³-hybridized carbons (Fsp3) is 0.500. The number of likely N-dealkylation sites (tertiary alicyclic amines) is 2. The Bertz CT molecular complexity index is 814.